The number of carbonyl (C=O) groups is 2. The van der Waals surface area contributed by atoms with E-state index in [4.69, 9.17) is 5.26 Å². The van der Waals surface area contributed by atoms with Crippen molar-refractivity contribution in [3.63, 3.8) is 0 Å². The van der Waals surface area contributed by atoms with Crippen LogP contribution >= 0.6 is 0 Å². The van der Waals surface area contributed by atoms with Crippen molar-refractivity contribution in [3.05, 3.63) is 65.0 Å². The SMILES string of the molecule is CC(C)(C)c1ccc(C#Cc2cnccc2C(=O)NCC(=O)N2CC(F)(F)CC2C#N)cc1. The van der Waals surface area contributed by atoms with Gasteiger partial charge in [-0.3, -0.25) is 14.6 Å². The molecule has 33 heavy (non-hydrogen) atoms. The van der Waals surface area contributed by atoms with Crippen LogP contribution in [-0.4, -0.2) is 46.8 Å². The molecule has 0 radical (unpaired) electrons. The molecule has 1 aliphatic rings. The molecule has 1 saturated heterocycles. The summed E-state index contributed by atoms with van der Waals surface area (Å²) in [6.07, 6.45) is 2.16. The number of hydrogen-bond donors (Lipinski definition) is 1. The lowest BCUT2D eigenvalue weighted by Gasteiger charge is -2.19. The molecule has 170 valence electrons. The van der Waals surface area contributed by atoms with E-state index in [-0.39, 0.29) is 11.0 Å². The normalized spacial score (nSPS) is 17.0. The number of likely N-dealkylation sites (tertiary alicyclic amines) is 1. The summed E-state index contributed by atoms with van der Waals surface area (Å²) < 4.78 is 27.1. The Labute approximate surface area is 191 Å². The van der Waals surface area contributed by atoms with Gasteiger partial charge in [0.1, 0.15) is 6.04 Å². The molecule has 0 aliphatic carbocycles. The van der Waals surface area contributed by atoms with Gasteiger partial charge in [0.15, 0.2) is 0 Å². The highest BCUT2D eigenvalue weighted by Gasteiger charge is 2.47. The van der Waals surface area contributed by atoms with Gasteiger partial charge in [-0.15, -0.1) is 0 Å². The quantitative estimate of drug-likeness (QED) is 0.728. The lowest BCUT2D eigenvalue weighted by molar-refractivity contribution is -0.131. The van der Waals surface area contributed by atoms with Crippen LogP contribution in [0.25, 0.3) is 0 Å². The van der Waals surface area contributed by atoms with E-state index in [0.717, 1.165) is 10.5 Å². The van der Waals surface area contributed by atoms with Crippen LogP contribution in [0.2, 0.25) is 0 Å². The molecule has 1 aromatic heterocycles. The number of nitrogens with zero attached hydrogens (tertiary/aromatic N) is 3. The Morgan fingerprint density at radius 3 is 2.55 bits per heavy atom. The number of benzene rings is 1. The van der Waals surface area contributed by atoms with E-state index >= 15 is 0 Å². The molecule has 1 atom stereocenters. The van der Waals surface area contributed by atoms with Gasteiger partial charge in [0, 0.05) is 24.4 Å². The molecule has 6 nitrogen and oxygen atoms in total. The highest BCUT2D eigenvalue weighted by atomic mass is 19.3. The van der Waals surface area contributed by atoms with Crippen LogP contribution in [0.1, 0.15) is 54.2 Å². The Bertz CT molecular complexity index is 1150. The average Bonchev–Trinajstić information content (AvgIpc) is 3.10. The first-order valence-corrected chi connectivity index (χ1v) is 10.4. The second-order valence-electron chi connectivity index (χ2n) is 8.91. The number of aromatic nitrogens is 1. The van der Waals surface area contributed by atoms with Crippen molar-refractivity contribution in [2.24, 2.45) is 0 Å². The van der Waals surface area contributed by atoms with Gasteiger partial charge in [-0.05, 0) is 29.2 Å². The fourth-order valence-electron chi connectivity index (χ4n) is 3.43. The summed E-state index contributed by atoms with van der Waals surface area (Å²) >= 11 is 0. The summed E-state index contributed by atoms with van der Waals surface area (Å²) in [7, 11) is 0. The fraction of sp³-hybridized carbons (Fsp3) is 0.360. The molecule has 0 saturated carbocycles. The number of nitrogens with one attached hydrogen (secondary N) is 1. The lowest BCUT2D eigenvalue weighted by atomic mass is 9.87. The minimum absolute atomic E-state index is 0.0240. The van der Waals surface area contributed by atoms with E-state index in [1.54, 1.807) is 6.07 Å². The molecule has 1 aromatic carbocycles. The first kappa shape index (κ1) is 23.9. The van der Waals surface area contributed by atoms with Gasteiger partial charge in [0.2, 0.25) is 5.91 Å². The first-order chi connectivity index (χ1) is 15.5. The van der Waals surface area contributed by atoms with Crippen molar-refractivity contribution < 1.29 is 18.4 Å². The van der Waals surface area contributed by atoms with Gasteiger partial charge < -0.3 is 10.2 Å². The maximum absolute atomic E-state index is 13.6. The Morgan fingerprint density at radius 1 is 1.21 bits per heavy atom. The molecule has 1 N–H and O–H groups in total. The van der Waals surface area contributed by atoms with E-state index < -0.39 is 43.3 Å². The number of carbonyl (C=O) groups excluding carboxylic acids is 2. The summed E-state index contributed by atoms with van der Waals surface area (Å²) in [6, 6.07) is 9.77. The van der Waals surface area contributed by atoms with Crippen LogP contribution in [0, 0.1) is 23.2 Å². The van der Waals surface area contributed by atoms with Crippen LogP contribution in [0.4, 0.5) is 8.78 Å². The molecular formula is C25H24F2N4O2. The number of amides is 2. The second-order valence-corrected chi connectivity index (χ2v) is 8.91. The molecule has 1 unspecified atom stereocenters. The van der Waals surface area contributed by atoms with Gasteiger partial charge in [-0.2, -0.15) is 5.26 Å². The monoisotopic (exact) mass is 450 g/mol. The largest absolute Gasteiger partial charge is 0.343 e. The third-order valence-electron chi connectivity index (χ3n) is 5.30. The zero-order chi connectivity index (χ0) is 24.2. The molecule has 2 aromatic rings. The van der Waals surface area contributed by atoms with Crippen molar-refractivity contribution in [2.45, 2.75) is 44.6 Å². The Morgan fingerprint density at radius 2 is 1.91 bits per heavy atom. The summed E-state index contributed by atoms with van der Waals surface area (Å²) in [6.45, 7) is 5.02. The summed E-state index contributed by atoms with van der Waals surface area (Å²) in [5, 5.41) is 11.5. The van der Waals surface area contributed by atoms with Gasteiger partial charge in [-0.1, -0.05) is 44.7 Å². The van der Waals surface area contributed by atoms with Crippen LogP contribution in [0.15, 0.2) is 42.7 Å². The molecule has 0 bridgehead atoms. The minimum Gasteiger partial charge on any atom is -0.343 e. The number of pyridine rings is 1. The zero-order valence-corrected chi connectivity index (χ0v) is 18.7. The van der Waals surface area contributed by atoms with E-state index in [0.29, 0.717) is 5.56 Å². The number of nitriles is 1. The fourth-order valence-corrected chi connectivity index (χ4v) is 3.43. The maximum Gasteiger partial charge on any atom is 0.268 e. The third kappa shape index (κ3) is 5.93. The number of alkyl halides is 2. The van der Waals surface area contributed by atoms with Crippen molar-refractivity contribution in [2.75, 3.05) is 13.1 Å². The van der Waals surface area contributed by atoms with E-state index in [1.807, 2.05) is 24.3 Å². The van der Waals surface area contributed by atoms with Crippen molar-refractivity contribution in [1.29, 1.82) is 5.26 Å². The van der Waals surface area contributed by atoms with Gasteiger partial charge >= 0.3 is 0 Å². The zero-order valence-electron chi connectivity index (χ0n) is 18.7. The molecule has 8 heteroatoms. The third-order valence-corrected chi connectivity index (χ3v) is 5.30. The lowest BCUT2D eigenvalue weighted by Crippen LogP contribution is -2.43. The van der Waals surface area contributed by atoms with Crippen molar-refractivity contribution in [1.82, 2.24) is 15.2 Å². The van der Waals surface area contributed by atoms with Gasteiger partial charge in [-0.25, -0.2) is 8.78 Å². The summed E-state index contributed by atoms with van der Waals surface area (Å²) in [4.78, 5) is 29.8. The van der Waals surface area contributed by atoms with Crippen LogP contribution in [-0.2, 0) is 10.2 Å². The van der Waals surface area contributed by atoms with Crippen molar-refractivity contribution in [3.8, 4) is 17.9 Å². The minimum atomic E-state index is -3.11. The molecular weight excluding hydrogens is 426 g/mol. The molecule has 3 rings (SSSR count). The smallest absolute Gasteiger partial charge is 0.268 e. The molecule has 1 fully saturated rings. The predicted molar refractivity (Wildman–Crippen MR) is 118 cm³/mol. The average molecular weight is 450 g/mol. The number of hydrogen-bond acceptors (Lipinski definition) is 4. The molecule has 2 amide bonds. The van der Waals surface area contributed by atoms with Gasteiger partial charge in [0.05, 0.1) is 30.3 Å². The van der Waals surface area contributed by atoms with Gasteiger partial charge in [0.25, 0.3) is 11.8 Å². The Hall–Kier alpha value is -3.78. The van der Waals surface area contributed by atoms with Crippen molar-refractivity contribution >= 4 is 11.8 Å². The molecule has 2 heterocycles. The number of rotatable bonds is 3. The van der Waals surface area contributed by atoms with Crippen LogP contribution < -0.4 is 5.32 Å². The maximum atomic E-state index is 13.6. The highest BCUT2D eigenvalue weighted by molar-refractivity contribution is 5.98. The summed E-state index contributed by atoms with van der Waals surface area (Å²) in [5.74, 6) is 1.49. The van der Waals surface area contributed by atoms with E-state index in [2.05, 4.69) is 42.9 Å². The number of halogens is 2. The van der Waals surface area contributed by atoms with E-state index in [1.165, 1.54) is 24.0 Å². The highest BCUT2D eigenvalue weighted by Crippen LogP contribution is 2.31. The second kappa shape index (κ2) is 9.38. The summed E-state index contributed by atoms with van der Waals surface area (Å²) in [5.41, 5.74) is 2.54. The van der Waals surface area contributed by atoms with Crippen LogP contribution in [0.3, 0.4) is 0 Å². The Kier molecular flexibility index (Phi) is 6.78. The topological polar surface area (TPSA) is 86.1 Å². The van der Waals surface area contributed by atoms with Crippen LogP contribution in [0.5, 0.6) is 0 Å². The predicted octanol–water partition coefficient (Wildman–Crippen LogP) is 3.27. The molecule has 1 aliphatic heterocycles. The first-order valence-electron chi connectivity index (χ1n) is 10.4. The molecule has 0 spiro atoms. The Balaban J connectivity index is 1.69. The van der Waals surface area contributed by atoms with E-state index in [9.17, 15) is 18.4 Å². The standard InChI is InChI=1S/C25H24F2N4O2/c1-24(2,3)19-8-5-17(6-9-19)4-7-18-14-29-11-10-21(18)23(33)30-15-22(32)31-16-25(26,27)12-20(31)13-28/h5-6,8-11,14,20H,12,15-16H2,1-3H3,(H,30,33).